The highest BCUT2D eigenvalue weighted by atomic mass is 35.5. The molecular formula is C30H40ClF2N7O5S. The molecule has 3 aliphatic rings. The van der Waals surface area contributed by atoms with Gasteiger partial charge in [0.1, 0.15) is 17.6 Å². The van der Waals surface area contributed by atoms with E-state index in [1.807, 2.05) is 0 Å². The van der Waals surface area contributed by atoms with E-state index in [0.717, 1.165) is 0 Å². The Morgan fingerprint density at radius 2 is 1.76 bits per heavy atom. The second-order valence-corrected chi connectivity index (χ2v) is 14.3. The number of hydrogen-bond acceptors (Lipinski definition) is 9. The summed E-state index contributed by atoms with van der Waals surface area (Å²) < 4.78 is 64.8. The molecule has 0 unspecified atom stereocenters. The van der Waals surface area contributed by atoms with Crippen LogP contribution in [-0.4, -0.2) is 94.1 Å². The summed E-state index contributed by atoms with van der Waals surface area (Å²) in [5.41, 5.74) is 11.6. The van der Waals surface area contributed by atoms with Gasteiger partial charge >= 0.3 is 0 Å². The predicted octanol–water partition coefficient (Wildman–Crippen LogP) is 2.05. The molecule has 2 aliphatic heterocycles. The number of halogens is 3. The summed E-state index contributed by atoms with van der Waals surface area (Å²) >= 11 is 6.23. The number of nitrogens with one attached hydrogen (secondary N) is 1. The molecule has 1 aliphatic carbocycles. The Balaban J connectivity index is 1.18. The number of piperazine rings is 1. The molecule has 46 heavy (non-hydrogen) atoms. The van der Waals surface area contributed by atoms with E-state index >= 15 is 8.78 Å². The Labute approximate surface area is 272 Å². The van der Waals surface area contributed by atoms with Crippen molar-refractivity contribution >= 4 is 44.9 Å². The minimum atomic E-state index is -3.83. The predicted molar refractivity (Wildman–Crippen MR) is 169 cm³/mol. The lowest BCUT2D eigenvalue weighted by Gasteiger charge is -2.36. The number of hydrogen-bond donors (Lipinski definition) is 3. The van der Waals surface area contributed by atoms with Crippen LogP contribution in [-0.2, 0) is 30.3 Å². The second kappa shape index (κ2) is 14.4. The van der Waals surface area contributed by atoms with E-state index in [0.29, 0.717) is 31.6 Å². The van der Waals surface area contributed by atoms with Gasteiger partial charge in [-0.25, -0.2) is 22.2 Å². The number of carbonyl (C=O) groups is 2. The molecule has 0 spiro atoms. The number of amides is 2. The first-order chi connectivity index (χ1) is 21.9. The van der Waals surface area contributed by atoms with Crippen LogP contribution < -0.4 is 26.6 Å². The fourth-order valence-corrected chi connectivity index (χ4v) is 7.91. The third kappa shape index (κ3) is 7.77. The summed E-state index contributed by atoms with van der Waals surface area (Å²) in [6.45, 7) is 1.55. The number of pyridine rings is 1. The van der Waals surface area contributed by atoms with Crippen LogP contribution in [0.1, 0.15) is 37.7 Å². The molecular weight excluding hydrogens is 644 g/mol. The fraction of sp³-hybridized carbons (Fsp3) is 0.567. The summed E-state index contributed by atoms with van der Waals surface area (Å²) in [5, 5.41) is 2.77. The zero-order chi connectivity index (χ0) is 33.1. The largest absolute Gasteiger partial charge is 0.370 e. The van der Waals surface area contributed by atoms with Gasteiger partial charge in [0, 0.05) is 74.9 Å². The number of alkyl halides is 2. The maximum absolute atomic E-state index is 15.8. The normalized spacial score (nSPS) is 23.2. The Bertz CT molecular complexity index is 1500. The van der Waals surface area contributed by atoms with E-state index in [1.54, 1.807) is 21.9 Å². The molecule has 252 valence electrons. The quantitative estimate of drug-likeness (QED) is 0.238. The first-order valence-electron chi connectivity index (χ1n) is 15.4. The van der Waals surface area contributed by atoms with Crippen molar-refractivity contribution in [1.29, 1.82) is 0 Å². The van der Waals surface area contributed by atoms with Gasteiger partial charge in [-0.2, -0.15) is 4.31 Å². The molecule has 3 fully saturated rings. The summed E-state index contributed by atoms with van der Waals surface area (Å²) in [4.78, 5) is 31.9. The van der Waals surface area contributed by atoms with E-state index in [1.165, 1.54) is 28.6 Å². The molecule has 1 saturated carbocycles. The molecule has 0 radical (unpaired) electrons. The molecule has 1 atom stereocenters. The molecule has 5 rings (SSSR count). The molecule has 2 saturated heterocycles. The van der Waals surface area contributed by atoms with Crippen LogP contribution in [0, 0.1) is 5.92 Å². The lowest BCUT2D eigenvalue weighted by atomic mass is 9.80. The lowest BCUT2D eigenvalue weighted by molar-refractivity contribution is -0.127. The van der Waals surface area contributed by atoms with E-state index in [-0.39, 0.29) is 104 Å². The number of nitrogens with two attached hydrogens (primary N) is 2. The van der Waals surface area contributed by atoms with E-state index in [2.05, 4.69) is 10.3 Å². The topological polar surface area (TPSA) is 164 Å². The van der Waals surface area contributed by atoms with Gasteiger partial charge in [-0.1, -0.05) is 11.6 Å². The average Bonchev–Trinajstić information content (AvgIpc) is 3.38. The Morgan fingerprint density at radius 1 is 1.09 bits per heavy atom. The summed E-state index contributed by atoms with van der Waals surface area (Å²) in [6, 6.07) is 8.21. The van der Waals surface area contributed by atoms with Crippen LogP contribution in [0.4, 0.5) is 20.3 Å². The number of ether oxygens (including phenoxy) is 1. The lowest BCUT2D eigenvalue weighted by Crippen LogP contribution is -2.49. The van der Waals surface area contributed by atoms with Crippen molar-refractivity contribution < 1.29 is 31.5 Å². The monoisotopic (exact) mass is 683 g/mol. The fourth-order valence-electron chi connectivity index (χ4n) is 6.28. The first kappa shape index (κ1) is 34.4. The first-order valence-corrected chi connectivity index (χ1v) is 17.2. The van der Waals surface area contributed by atoms with Crippen LogP contribution in [0.25, 0.3) is 0 Å². The van der Waals surface area contributed by atoms with Crippen LogP contribution in [0.5, 0.6) is 0 Å². The summed E-state index contributed by atoms with van der Waals surface area (Å²) in [6.07, 6.45) is 1.52. The molecule has 12 nitrogen and oxygen atoms in total. The highest BCUT2D eigenvalue weighted by molar-refractivity contribution is 7.89. The Kier molecular flexibility index (Phi) is 10.8. The van der Waals surface area contributed by atoms with Gasteiger partial charge in [0.25, 0.3) is 5.92 Å². The van der Waals surface area contributed by atoms with Crippen molar-refractivity contribution in [3.8, 4) is 0 Å². The van der Waals surface area contributed by atoms with Gasteiger partial charge < -0.3 is 31.3 Å². The molecule has 0 bridgehead atoms. The number of anilines is 2. The number of benzene rings is 1. The Hall–Kier alpha value is -2.95. The Morgan fingerprint density at radius 3 is 2.37 bits per heavy atom. The second-order valence-electron chi connectivity index (χ2n) is 12.0. The zero-order valence-electron chi connectivity index (χ0n) is 25.4. The van der Waals surface area contributed by atoms with Crippen LogP contribution in [0.15, 0.2) is 41.3 Å². The van der Waals surface area contributed by atoms with Crippen molar-refractivity contribution in [2.75, 3.05) is 62.3 Å². The van der Waals surface area contributed by atoms with E-state index < -0.39 is 21.9 Å². The van der Waals surface area contributed by atoms with Gasteiger partial charge in [-0.15, -0.1) is 0 Å². The number of rotatable bonds is 11. The number of carbonyl (C=O) groups excluding carboxylic acids is 2. The van der Waals surface area contributed by atoms with Crippen LogP contribution >= 0.6 is 11.6 Å². The maximum Gasteiger partial charge on any atom is 0.276 e. The van der Waals surface area contributed by atoms with Crippen molar-refractivity contribution in [1.82, 2.24) is 14.6 Å². The van der Waals surface area contributed by atoms with Crippen molar-refractivity contribution in [3.05, 3.63) is 47.1 Å². The van der Waals surface area contributed by atoms with Crippen LogP contribution in [0.2, 0.25) is 5.15 Å². The van der Waals surface area contributed by atoms with Gasteiger partial charge in [0.2, 0.25) is 21.8 Å². The van der Waals surface area contributed by atoms with Gasteiger partial charge in [0.15, 0.2) is 0 Å². The SMILES string of the molecule is NCCOCC(=O)NC1CCC(C(F)(F)c2cc(Cl)nc(N3CCN(S(=O)(=O)c4ccc(N5C[C@H](N)CC5=O)cc4)CC3)c2)CC1. The number of sulfonamides is 1. The molecule has 1 aromatic heterocycles. The molecule has 16 heteroatoms. The highest BCUT2D eigenvalue weighted by Crippen LogP contribution is 2.45. The maximum atomic E-state index is 15.8. The molecule has 1 aromatic carbocycles. The summed E-state index contributed by atoms with van der Waals surface area (Å²) in [7, 11) is -3.83. The van der Waals surface area contributed by atoms with Crippen LogP contribution in [0.3, 0.4) is 0 Å². The van der Waals surface area contributed by atoms with Crippen molar-refractivity contribution in [2.24, 2.45) is 17.4 Å². The van der Waals surface area contributed by atoms with Crippen molar-refractivity contribution in [3.63, 3.8) is 0 Å². The van der Waals surface area contributed by atoms with E-state index in [9.17, 15) is 18.0 Å². The zero-order valence-corrected chi connectivity index (χ0v) is 27.0. The van der Waals surface area contributed by atoms with Gasteiger partial charge in [0.05, 0.1) is 11.5 Å². The summed E-state index contributed by atoms with van der Waals surface area (Å²) in [5.74, 6) is -4.25. The molecule has 3 heterocycles. The van der Waals surface area contributed by atoms with E-state index in [4.69, 9.17) is 27.8 Å². The third-order valence-corrected chi connectivity index (χ3v) is 10.9. The number of nitrogens with zero attached hydrogens (tertiary/aromatic N) is 4. The average molecular weight is 684 g/mol. The smallest absolute Gasteiger partial charge is 0.276 e. The molecule has 2 aromatic rings. The van der Waals surface area contributed by atoms with Gasteiger partial charge in [-0.05, 0) is 62.1 Å². The standard InChI is InChI=1S/C30H40ClF2N7O5S/c31-26-15-21(30(32,33)20-1-3-23(4-2-20)36-28(41)19-45-14-9-34)16-27(37-26)38-10-12-39(13-11-38)46(43,44)25-7-5-24(6-8-25)40-18-22(35)17-29(40)42/h5-8,15-16,20,22-23H,1-4,9-14,17-19,34-35H2,(H,36,41)/t20?,22-,23?/m1/s1. The number of aromatic nitrogens is 1. The minimum Gasteiger partial charge on any atom is -0.370 e. The molecule has 5 N–H and O–H groups in total. The van der Waals surface area contributed by atoms with Gasteiger partial charge in [-0.3, -0.25) is 9.59 Å². The molecule has 2 amide bonds. The highest BCUT2D eigenvalue weighted by Gasteiger charge is 2.44. The third-order valence-electron chi connectivity index (χ3n) is 8.77. The minimum absolute atomic E-state index is 0.0711. The van der Waals surface area contributed by atoms with Crippen molar-refractivity contribution in [2.45, 2.75) is 55.0 Å².